The van der Waals surface area contributed by atoms with Crippen molar-refractivity contribution in [3.05, 3.63) is 66.0 Å². The molecule has 2 aromatic carbocycles. The number of hydrogen-bond acceptors (Lipinski definition) is 5. The van der Waals surface area contributed by atoms with Gasteiger partial charge in [0, 0.05) is 11.4 Å². The molecular weight excluding hydrogens is 356 g/mol. The van der Waals surface area contributed by atoms with Gasteiger partial charge in [-0.15, -0.1) is 11.3 Å². The molecule has 0 saturated carbocycles. The highest BCUT2D eigenvalue weighted by atomic mass is 32.2. The first kappa shape index (κ1) is 17.3. The van der Waals surface area contributed by atoms with Crippen LogP contribution in [0.3, 0.4) is 0 Å². The predicted octanol–water partition coefficient (Wildman–Crippen LogP) is 4.69. The second-order valence-corrected chi connectivity index (χ2v) is 8.03. The van der Waals surface area contributed by atoms with Crippen LogP contribution in [-0.2, 0) is 10.0 Å². The van der Waals surface area contributed by atoms with Crippen molar-refractivity contribution in [2.75, 3.05) is 16.6 Å². The van der Waals surface area contributed by atoms with E-state index < -0.39 is 10.0 Å². The molecule has 0 radical (unpaired) electrons. The van der Waals surface area contributed by atoms with Crippen LogP contribution >= 0.6 is 11.3 Å². The fourth-order valence-corrected chi connectivity index (χ4v) is 4.30. The van der Waals surface area contributed by atoms with Crippen LogP contribution in [-0.4, -0.2) is 15.0 Å². The van der Waals surface area contributed by atoms with Crippen molar-refractivity contribution in [1.82, 2.24) is 0 Å². The molecule has 1 heterocycles. The van der Waals surface area contributed by atoms with E-state index in [9.17, 15) is 8.42 Å². The molecule has 0 saturated heterocycles. The molecule has 0 amide bonds. The number of para-hydroxylation sites is 2. The van der Waals surface area contributed by atoms with Gasteiger partial charge in [-0.25, -0.2) is 8.42 Å². The van der Waals surface area contributed by atoms with Gasteiger partial charge in [-0.05, 0) is 54.8 Å². The van der Waals surface area contributed by atoms with Gasteiger partial charge in [0.25, 0.3) is 10.0 Å². The van der Waals surface area contributed by atoms with Crippen LogP contribution in [0.15, 0.2) is 70.3 Å². The third kappa shape index (κ3) is 4.32. The third-order valence-electron chi connectivity index (χ3n) is 3.36. The Morgan fingerprint density at radius 1 is 0.960 bits per heavy atom. The number of anilines is 3. The van der Waals surface area contributed by atoms with Crippen molar-refractivity contribution in [2.24, 2.45) is 0 Å². The SMILES string of the molecule is CCOc1ccccc1Nc1ccc(NS(=O)(=O)c2cccs2)cc1. The van der Waals surface area contributed by atoms with Crippen LogP contribution in [0.5, 0.6) is 5.75 Å². The molecule has 0 spiro atoms. The van der Waals surface area contributed by atoms with Crippen molar-refractivity contribution in [3.8, 4) is 5.75 Å². The zero-order chi connectivity index (χ0) is 17.7. The van der Waals surface area contributed by atoms with Crippen molar-refractivity contribution in [3.63, 3.8) is 0 Å². The predicted molar refractivity (Wildman–Crippen MR) is 102 cm³/mol. The van der Waals surface area contributed by atoms with Gasteiger partial charge in [0.15, 0.2) is 0 Å². The summed E-state index contributed by atoms with van der Waals surface area (Å²) >= 11 is 1.18. The molecule has 0 atom stereocenters. The monoisotopic (exact) mass is 374 g/mol. The largest absolute Gasteiger partial charge is 0.492 e. The first-order valence-corrected chi connectivity index (χ1v) is 10.1. The molecule has 3 aromatic rings. The lowest BCUT2D eigenvalue weighted by Crippen LogP contribution is -2.11. The lowest BCUT2D eigenvalue weighted by molar-refractivity contribution is 0.342. The molecule has 0 unspecified atom stereocenters. The maximum absolute atomic E-state index is 12.2. The van der Waals surface area contributed by atoms with Crippen molar-refractivity contribution >= 4 is 38.4 Å². The third-order valence-corrected chi connectivity index (χ3v) is 6.14. The maximum Gasteiger partial charge on any atom is 0.271 e. The zero-order valence-corrected chi connectivity index (χ0v) is 15.2. The summed E-state index contributed by atoms with van der Waals surface area (Å²) in [5.74, 6) is 0.771. The Bertz CT molecular complexity index is 921. The highest BCUT2D eigenvalue weighted by Gasteiger charge is 2.14. The number of ether oxygens (including phenoxy) is 1. The van der Waals surface area contributed by atoms with Crippen LogP contribution in [0.25, 0.3) is 0 Å². The highest BCUT2D eigenvalue weighted by Crippen LogP contribution is 2.28. The molecule has 25 heavy (non-hydrogen) atoms. The van der Waals surface area contributed by atoms with E-state index in [4.69, 9.17) is 4.74 Å². The minimum Gasteiger partial charge on any atom is -0.492 e. The first-order chi connectivity index (χ1) is 12.1. The van der Waals surface area contributed by atoms with Crippen molar-refractivity contribution < 1.29 is 13.2 Å². The van der Waals surface area contributed by atoms with Gasteiger partial charge in [-0.2, -0.15) is 0 Å². The molecule has 5 nitrogen and oxygen atoms in total. The molecule has 0 aliphatic heterocycles. The molecule has 7 heteroatoms. The van der Waals surface area contributed by atoms with Crippen LogP contribution in [0.2, 0.25) is 0 Å². The normalized spacial score (nSPS) is 11.1. The number of rotatable bonds is 7. The average molecular weight is 374 g/mol. The molecule has 0 fully saturated rings. The second kappa shape index (κ2) is 7.58. The summed E-state index contributed by atoms with van der Waals surface area (Å²) in [6, 6.07) is 18.0. The number of hydrogen-bond donors (Lipinski definition) is 2. The molecule has 0 aliphatic rings. The fourth-order valence-electron chi connectivity index (χ4n) is 2.25. The van der Waals surface area contributed by atoms with Crippen molar-refractivity contribution in [2.45, 2.75) is 11.1 Å². The van der Waals surface area contributed by atoms with Gasteiger partial charge >= 0.3 is 0 Å². The molecule has 0 bridgehead atoms. The summed E-state index contributed by atoms with van der Waals surface area (Å²) in [5, 5.41) is 5.01. The van der Waals surface area contributed by atoms with Crippen molar-refractivity contribution in [1.29, 1.82) is 0 Å². The maximum atomic E-state index is 12.2. The van der Waals surface area contributed by atoms with Crippen LogP contribution in [0.1, 0.15) is 6.92 Å². The Morgan fingerprint density at radius 3 is 2.36 bits per heavy atom. The number of nitrogens with one attached hydrogen (secondary N) is 2. The Balaban J connectivity index is 1.73. The molecule has 0 aliphatic carbocycles. The van der Waals surface area contributed by atoms with Gasteiger partial charge in [0.1, 0.15) is 9.96 Å². The van der Waals surface area contributed by atoms with Gasteiger partial charge in [-0.3, -0.25) is 4.72 Å². The lowest BCUT2D eigenvalue weighted by atomic mass is 10.2. The minimum absolute atomic E-state index is 0.292. The Hall–Kier alpha value is -2.51. The van der Waals surface area contributed by atoms with Gasteiger partial charge in [0.05, 0.1) is 12.3 Å². The number of thiophene rings is 1. The van der Waals surface area contributed by atoms with E-state index >= 15 is 0 Å². The van der Waals surface area contributed by atoms with Crippen LogP contribution in [0.4, 0.5) is 17.1 Å². The fraction of sp³-hybridized carbons (Fsp3) is 0.111. The quantitative estimate of drug-likeness (QED) is 0.629. The number of benzene rings is 2. The Morgan fingerprint density at radius 2 is 1.68 bits per heavy atom. The molecule has 3 rings (SSSR count). The highest BCUT2D eigenvalue weighted by molar-refractivity contribution is 7.94. The summed E-state index contributed by atoms with van der Waals surface area (Å²) in [4.78, 5) is 0. The Labute approximate surface area is 151 Å². The summed E-state index contributed by atoms with van der Waals surface area (Å²) < 4.78 is 32.9. The van der Waals surface area contributed by atoms with Gasteiger partial charge in [0.2, 0.25) is 0 Å². The first-order valence-electron chi connectivity index (χ1n) is 7.74. The zero-order valence-electron chi connectivity index (χ0n) is 13.6. The molecular formula is C18H18N2O3S2. The smallest absolute Gasteiger partial charge is 0.271 e. The van der Waals surface area contributed by atoms with E-state index in [2.05, 4.69) is 10.0 Å². The average Bonchev–Trinajstić information content (AvgIpc) is 3.14. The summed E-state index contributed by atoms with van der Waals surface area (Å²) in [6.07, 6.45) is 0. The van der Waals surface area contributed by atoms with E-state index in [0.29, 0.717) is 16.5 Å². The molecule has 1 aromatic heterocycles. The topological polar surface area (TPSA) is 67.4 Å². The van der Waals surface area contributed by atoms with Crippen LogP contribution in [0, 0.1) is 0 Å². The standard InChI is InChI=1S/C18H18N2O3S2/c1-2-23-17-7-4-3-6-16(17)19-14-9-11-15(12-10-14)20-25(21,22)18-8-5-13-24-18/h3-13,19-20H,2H2,1H3. The summed E-state index contributed by atoms with van der Waals surface area (Å²) in [6.45, 7) is 2.52. The van der Waals surface area contributed by atoms with E-state index in [-0.39, 0.29) is 0 Å². The van der Waals surface area contributed by atoms with E-state index in [1.165, 1.54) is 11.3 Å². The Kier molecular flexibility index (Phi) is 5.25. The van der Waals surface area contributed by atoms with Gasteiger partial charge < -0.3 is 10.1 Å². The number of sulfonamides is 1. The van der Waals surface area contributed by atoms with E-state index in [1.54, 1.807) is 29.6 Å². The van der Waals surface area contributed by atoms with E-state index in [1.807, 2.05) is 43.3 Å². The van der Waals surface area contributed by atoms with E-state index in [0.717, 1.165) is 17.1 Å². The molecule has 130 valence electrons. The van der Waals surface area contributed by atoms with Gasteiger partial charge in [-0.1, -0.05) is 18.2 Å². The summed E-state index contributed by atoms with van der Waals surface area (Å²) in [5.41, 5.74) is 2.21. The molecule has 2 N–H and O–H groups in total. The second-order valence-electron chi connectivity index (χ2n) is 5.17. The minimum atomic E-state index is -3.53. The van der Waals surface area contributed by atoms with Crippen LogP contribution < -0.4 is 14.8 Å². The summed E-state index contributed by atoms with van der Waals surface area (Å²) in [7, 11) is -3.53. The lowest BCUT2D eigenvalue weighted by Gasteiger charge is -2.13.